The van der Waals surface area contributed by atoms with E-state index in [0.717, 1.165) is 10.4 Å². The first kappa shape index (κ1) is 42.0. The maximum atomic E-state index is 13.5. The average Bonchev–Trinajstić information content (AvgIpc) is 3.70. The Morgan fingerprint density at radius 2 is 1.80 bits per heavy atom. The van der Waals surface area contributed by atoms with Crippen molar-refractivity contribution in [1.29, 1.82) is 0 Å². The van der Waals surface area contributed by atoms with Gasteiger partial charge in [-0.1, -0.05) is 109 Å². The number of hydrogen-bond acceptors (Lipinski definition) is 10. The summed E-state index contributed by atoms with van der Waals surface area (Å²) in [6.45, 7) is 8.06. The van der Waals surface area contributed by atoms with E-state index in [-0.39, 0.29) is 39.8 Å². The number of rotatable bonds is 13. The van der Waals surface area contributed by atoms with Crippen LogP contribution >= 0.6 is 21.6 Å². The summed E-state index contributed by atoms with van der Waals surface area (Å²) < 4.78 is 60.2. The van der Waals surface area contributed by atoms with Crippen LogP contribution < -0.4 is 21.2 Å². The lowest BCUT2D eigenvalue weighted by atomic mass is 10.2. The lowest BCUT2D eigenvalue weighted by Crippen LogP contribution is -2.67. The number of nitrogens with zero attached hydrogens (tertiary/aromatic N) is 5. The standard InChI is InChI=1S/C37H44F3N7O5S2Si/c1-24(54-53-7)51-28-21-30(52-29(28)22-50-55(36(2,3)4,25-15-10-8-11-16-25)26-17-12-9-13-18-26)47-32-31(33(48)44-35(43-32)42-23-46(5)6)27(45-47)19-14-20-41-34(49)37(38,39)40/h8-13,15-18,23-24,28-30H,20-22H2,1-7H3,(H,41,49)(H,43,44,48)/t24-,28-,29-,30-/m1/s1. The van der Waals surface area contributed by atoms with Crippen LogP contribution in [0.4, 0.5) is 19.1 Å². The number of aromatic amines is 1. The molecular formula is C37H44F3N7O5S2Si. The van der Waals surface area contributed by atoms with Crippen molar-refractivity contribution in [2.75, 3.05) is 33.5 Å². The van der Waals surface area contributed by atoms with Crippen LogP contribution in [-0.4, -0.2) is 103 Å². The Hall–Kier alpha value is -4.12. The van der Waals surface area contributed by atoms with Crippen LogP contribution in [0, 0.1) is 11.8 Å². The molecule has 2 aromatic heterocycles. The number of ether oxygens (including phenoxy) is 2. The zero-order valence-electron chi connectivity index (χ0n) is 31.5. The number of aromatic nitrogens is 4. The summed E-state index contributed by atoms with van der Waals surface area (Å²) in [5.41, 5.74) is -0.795. The summed E-state index contributed by atoms with van der Waals surface area (Å²) in [5, 5.41) is 8.20. The zero-order chi connectivity index (χ0) is 40.0. The Morgan fingerprint density at radius 3 is 2.36 bits per heavy atom. The molecule has 1 fully saturated rings. The van der Waals surface area contributed by atoms with Crippen molar-refractivity contribution in [3.8, 4) is 11.8 Å². The van der Waals surface area contributed by atoms with Gasteiger partial charge in [0.1, 0.15) is 16.9 Å². The number of benzene rings is 2. The number of aliphatic imine (C=N–C) groups is 1. The van der Waals surface area contributed by atoms with Crippen molar-refractivity contribution in [1.82, 2.24) is 30.0 Å². The minimum absolute atomic E-state index is 0.00773. The third kappa shape index (κ3) is 9.82. The number of nitrogens with one attached hydrogen (secondary N) is 2. The van der Waals surface area contributed by atoms with Crippen LogP contribution in [0.1, 0.15) is 46.0 Å². The molecule has 0 radical (unpaired) electrons. The number of carbonyl (C=O) groups excluding carboxylic acids is 1. The molecule has 0 bridgehead atoms. The van der Waals surface area contributed by atoms with E-state index in [9.17, 15) is 22.8 Å². The Kier molecular flexibility index (Phi) is 13.6. The number of H-pyrrole nitrogens is 1. The van der Waals surface area contributed by atoms with Gasteiger partial charge in [-0.05, 0) is 34.5 Å². The summed E-state index contributed by atoms with van der Waals surface area (Å²) in [5.74, 6) is 2.96. The van der Waals surface area contributed by atoms with Crippen molar-refractivity contribution in [2.45, 2.75) is 69.2 Å². The molecule has 4 atom stereocenters. The van der Waals surface area contributed by atoms with E-state index >= 15 is 0 Å². The topological polar surface area (TPSA) is 136 Å². The fourth-order valence-corrected chi connectivity index (χ4v) is 12.4. The van der Waals surface area contributed by atoms with Gasteiger partial charge in [0.25, 0.3) is 13.9 Å². The molecule has 4 aromatic rings. The minimum Gasteiger partial charge on any atom is -0.405 e. The molecule has 55 heavy (non-hydrogen) atoms. The highest BCUT2D eigenvalue weighted by molar-refractivity contribution is 8.76. The van der Waals surface area contributed by atoms with Crippen LogP contribution in [0.25, 0.3) is 11.0 Å². The maximum Gasteiger partial charge on any atom is 0.471 e. The smallest absolute Gasteiger partial charge is 0.405 e. The summed E-state index contributed by atoms with van der Waals surface area (Å²) in [4.78, 5) is 37.9. The van der Waals surface area contributed by atoms with Gasteiger partial charge in [0, 0.05) is 20.5 Å². The Labute approximate surface area is 326 Å². The summed E-state index contributed by atoms with van der Waals surface area (Å²) in [6.07, 6.45) is -3.21. The predicted octanol–water partition coefficient (Wildman–Crippen LogP) is 4.98. The van der Waals surface area contributed by atoms with Crippen molar-refractivity contribution in [2.24, 2.45) is 4.99 Å². The van der Waals surface area contributed by atoms with Crippen LogP contribution in [-0.2, 0) is 18.7 Å². The number of halogens is 3. The highest BCUT2D eigenvalue weighted by atomic mass is 33.1. The predicted molar refractivity (Wildman–Crippen MR) is 213 cm³/mol. The second-order valence-electron chi connectivity index (χ2n) is 13.9. The van der Waals surface area contributed by atoms with E-state index in [4.69, 9.17) is 13.9 Å². The molecule has 1 aliphatic rings. The molecule has 18 heteroatoms. The van der Waals surface area contributed by atoms with Crippen molar-refractivity contribution < 1.29 is 31.9 Å². The lowest BCUT2D eigenvalue weighted by Gasteiger charge is -2.43. The molecule has 294 valence electrons. The zero-order valence-corrected chi connectivity index (χ0v) is 34.1. The number of fused-ring (bicyclic) bond motifs is 1. The molecule has 1 amide bonds. The number of alkyl halides is 3. The third-order valence-electron chi connectivity index (χ3n) is 8.69. The van der Waals surface area contributed by atoms with Crippen LogP contribution in [0.2, 0.25) is 5.04 Å². The maximum absolute atomic E-state index is 13.5. The van der Waals surface area contributed by atoms with E-state index < -0.39 is 50.9 Å². The van der Waals surface area contributed by atoms with E-state index in [1.54, 1.807) is 45.9 Å². The highest BCUT2D eigenvalue weighted by Gasteiger charge is 2.51. The van der Waals surface area contributed by atoms with Crippen molar-refractivity contribution >= 4 is 69.5 Å². The molecule has 1 saturated heterocycles. The molecule has 0 unspecified atom stereocenters. The molecular weight excluding hydrogens is 772 g/mol. The van der Waals surface area contributed by atoms with Crippen LogP contribution in [0.5, 0.6) is 0 Å². The monoisotopic (exact) mass is 815 g/mol. The second-order valence-corrected chi connectivity index (χ2v) is 21.0. The van der Waals surface area contributed by atoms with Crippen LogP contribution in [0.15, 0.2) is 70.5 Å². The quantitative estimate of drug-likeness (QED) is 0.0476. The molecule has 5 rings (SSSR count). The first-order valence-electron chi connectivity index (χ1n) is 17.4. The third-order valence-corrected chi connectivity index (χ3v) is 15.7. The molecule has 1 aliphatic heterocycles. The van der Waals surface area contributed by atoms with Gasteiger partial charge in [-0.15, -0.1) is 0 Å². The molecule has 2 N–H and O–H groups in total. The number of carbonyl (C=O) groups is 1. The first-order chi connectivity index (χ1) is 26.0. The normalized spacial score (nSPS) is 18.3. The van der Waals surface area contributed by atoms with Gasteiger partial charge in [0.15, 0.2) is 17.6 Å². The van der Waals surface area contributed by atoms with Gasteiger partial charge in [-0.3, -0.25) is 14.6 Å². The van der Waals surface area contributed by atoms with Gasteiger partial charge >= 0.3 is 12.1 Å². The summed E-state index contributed by atoms with van der Waals surface area (Å²) in [7, 11) is 3.67. The van der Waals surface area contributed by atoms with E-state index in [1.165, 1.54) is 11.0 Å². The Morgan fingerprint density at radius 1 is 1.16 bits per heavy atom. The SMILES string of the molecule is CSS[C@H](C)O[C@@H]1C[C@H](n2nc(C#CCNC(=O)C(F)(F)F)c3c(=O)[nH]c(N=CN(C)C)nc32)O[C@@H]1CO[Si](c1ccccc1)(c1ccccc1)C(C)(C)C. The number of hydrogen-bond donors (Lipinski definition) is 2. The van der Waals surface area contributed by atoms with Crippen molar-refractivity contribution in [3.63, 3.8) is 0 Å². The molecule has 2 aromatic carbocycles. The summed E-state index contributed by atoms with van der Waals surface area (Å²) >= 11 is 0. The molecule has 0 spiro atoms. The van der Waals surface area contributed by atoms with Crippen LogP contribution in [0.3, 0.4) is 0 Å². The first-order valence-corrected chi connectivity index (χ1v) is 21.9. The molecule has 0 saturated carbocycles. The molecule has 0 aliphatic carbocycles. The average molecular weight is 816 g/mol. The van der Waals surface area contributed by atoms with Gasteiger partial charge in [0.2, 0.25) is 5.95 Å². The molecule has 12 nitrogen and oxygen atoms in total. The Bertz CT molecular complexity index is 2040. The lowest BCUT2D eigenvalue weighted by molar-refractivity contribution is -0.173. The van der Waals surface area contributed by atoms with Gasteiger partial charge in [-0.25, -0.2) is 9.67 Å². The van der Waals surface area contributed by atoms with Gasteiger partial charge < -0.3 is 24.1 Å². The fraction of sp³-hybridized carbons (Fsp3) is 0.432. The molecule has 3 heterocycles. The van der Waals surface area contributed by atoms with E-state index in [2.05, 4.69) is 76.9 Å². The van der Waals surface area contributed by atoms with Gasteiger partial charge in [0.05, 0.1) is 25.6 Å². The van der Waals surface area contributed by atoms with Gasteiger partial charge in [-0.2, -0.15) is 23.3 Å². The minimum atomic E-state index is -5.07. The van der Waals surface area contributed by atoms with E-state index in [0.29, 0.717) is 6.42 Å². The number of amides is 1. The van der Waals surface area contributed by atoms with Crippen molar-refractivity contribution in [3.05, 3.63) is 76.7 Å². The second kappa shape index (κ2) is 17.8. The Balaban J connectivity index is 1.56. The van der Waals surface area contributed by atoms with E-state index in [1.807, 2.05) is 49.6 Å². The summed E-state index contributed by atoms with van der Waals surface area (Å²) in [6, 6.07) is 20.5. The highest BCUT2D eigenvalue weighted by Crippen LogP contribution is 2.40. The largest absolute Gasteiger partial charge is 0.471 e. The fourth-order valence-electron chi connectivity index (χ4n) is 6.42.